The average Bonchev–Trinajstić information content (AvgIpc) is 3.06. The molecule has 0 saturated heterocycles. The van der Waals surface area contributed by atoms with Crippen LogP contribution in [0.5, 0.6) is 11.5 Å². The lowest BCUT2D eigenvalue weighted by atomic mass is 10.0. The largest absolute Gasteiger partial charge is 1.00 e. The van der Waals surface area contributed by atoms with Crippen LogP contribution in [0.3, 0.4) is 0 Å². The maximum Gasteiger partial charge on any atom is 0.323 e. The highest BCUT2D eigenvalue weighted by atomic mass is 127. The number of pyridine rings is 1. The molecule has 5 nitrogen and oxygen atoms in total. The molecule has 0 aliphatic carbocycles. The van der Waals surface area contributed by atoms with Crippen LogP contribution in [-0.4, -0.2) is 19.6 Å². The fourth-order valence-electron chi connectivity index (χ4n) is 5.72. The molecule has 0 unspecified atom stereocenters. The van der Waals surface area contributed by atoms with E-state index in [2.05, 4.69) is 13.8 Å². The molecule has 0 fully saturated rings. The number of halogens is 1. The van der Waals surface area contributed by atoms with Gasteiger partial charge in [0.05, 0.1) is 20.3 Å². The number of hydrogen-bond donors (Lipinski definition) is 0. The molecular formula is C39H57IN2O3. The van der Waals surface area contributed by atoms with Crippen molar-refractivity contribution in [1.82, 2.24) is 0 Å². The number of aromatic nitrogens is 1. The van der Waals surface area contributed by atoms with Crippen LogP contribution in [0.15, 0.2) is 72.9 Å². The number of unbranched alkanes of at least 4 members (excludes halogenated alkanes) is 13. The number of nitrogens with zero attached hydrogens (tertiary/aromatic N) is 2. The Morgan fingerprint density at radius 2 is 1.29 bits per heavy atom. The van der Waals surface area contributed by atoms with Gasteiger partial charge in [-0.3, -0.25) is 9.69 Å². The summed E-state index contributed by atoms with van der Waals surface area (Å²) in [5.74, 6) is 1.43. The van der Waals surface area contributed by atoms with Gasteiger partial charge in [-0.05, 0) is 42.3 Å². The van der Waals surface area contributed by atoms with Crippen LogP contribution in [0.4, 0.5) is 5.69 Å². The first-order chi connectivity index (χ1) is 21.7. The fraction of sp³-hybridized carbons (Fsp3) is 0.538. The standard InChI is InChI=1S/C39H57N2O3.HI/c1-4-6-7-8-9-10-11-12-13-14-15-16-17-23-31-44-37-28-27-34(32-38(37)43-3)33-41(35-24-19-18-20-25-35)39(42)36-26-21-22-30-40(36)29-5-2;/h18-22,24-28,30,32H,4-17,23,29,31,33H2,1-3H3;1H/q+1;/p-1. The highest BCUT2D eigenvalue weighted by Gasteiger charge is 2.26. The molecular weight excluding hydrogens is 671 g/mol. The summed E-state index contributed by atoms with van der Waals surface area (Å²) in [6, 6.07) is 21.7. The fourth-order valence-corrected chi connectivity index (χ4v) is 5.72. The van der Waals surface area contributed by atoms with E-state index in [1.807, 2.05) is 82.4 Å². The Kier molecular flexibility index (Phi) is 20.3. The van der Waals surface area contributed by atoms with Crippen molar-refractivity contribution >= 4 is 11.6 Å². The Balaban J connectivity index is 0.00000705. The summed E-state index contributed by atoms with van der Waals surface area (Å²) in [4.78, 5) is 15.7. The first-order valence-corrected chi connectivity index (χ1v) is 17.3. The van der Waals surface area contributed by atoms with E-state index in [1.54, 1.807) is 7.11 Å². The van der Waals surface area contributed by atoms with Crippen LogP contribution in [0.1, 0.15) is 126 Å². The third kappa shape index (κ3) is 14.1. The van der Waals surface area contributed by atoms with Gasteiger partial charge in [-0.1, -0.05) is 122 Å². The molecule has 45 heavy (non-hydrogen) atoms. The van der Waals surface area contributed by atoms with Crippen LogP contribution in [-0.2, 0) is 13.1 Å². The molecule has 248 valence electrons. The third-order valence-electron chi connectivity index (χ3n) is 8.26. The zero-order valence-corrected chi connectivity index (χ0v) is 30.3. The van der Waals surface area contributed by atoms with Crippen molar-refractivity contribution in [3.8, 4) is 11.5 Å². The average molecular weight is 729 g/mol. The van der Waals surface area contributed by atoms with Gasteiger partial charge in [-0.2, -0.15) is 4.57 Å². The Morgan fingerprint density at radius 3 is 1.89 bits per heavy atom. The lowest BCUT2D eigenvalue weighted by Crippen LogP contribution is -3.00. The second kappa shape index (κ2) is 23.7. The summed E-state index contributed by atoms with van der Waals surface area (Å²) in [6.45, 7) is 6.32. The summed E-state index contributed by atoms with van der Waals surface area (Å²) in [5, 5.41) is 0. The topological polar surface area (TPSA) is 42.7 Å². The Morgan fingerprint density at radius 1 is 0.689 bits per heavy atom. The van der Waals surface area contributed by atoms with Crippen molar-refractivity contribution in [3.05, 3.63) is 84.2 Å². The Bertz CT molecular complexity index is 1200. The molecule has 1 amide bonds. The molecule has 0 spiro atoms. The van der Waals surface area contributed by atoms with Gasteiger partial charge in [0.25, 0.3) is 5.69 Å². The molecule has 0 atom stereocenters. The number of benzene rings is 2. The van der Waals surface area contributed by atoms with Gasteiger partial charge in [0, 0.05) is 24.2 Å². The van der Waals surface area contributed by atoms with Crippen molar-refractivity contribution < 1.29 is 42.8 Å². The number of hydrogen-bond acceptors (Lipinski definition) is 3. The van der Waals surface area contributed by atoms with Gasteiger partial charge in [-0.15, -0.1) is 0 Å². The second-order valence-corrected chi connectivity index (χ2v) is 11.9. The minimum Gasteiger partial charge on any atom is -1.00 e. The molecule has 1 heterocycles. The quantitative estimate of drug-likeness (QED) is 0.0595. The third-order valence-corrected chi connectivity index (χ3v) is 8.26. The maximum absolute atomic E-state index is 13.9. The van der Waals surface area contributed by atoms with Gasteiger partial charge in [0.2, 0.25) is 0 Å². The van der Waals surface area contributed by atoms with E-state index in [9.17, 15) is 4.79 Å². The summed E-state index contributed by atoms with van der Waals surface area (Å²) < 4.78 is 13.9. The van der Waals surface area contributed by atoms with E-state index in [1.165, 1.54) is 83.5 Å². The number of carbonyl (C=O) groups is 1. The number of methoxy groups -OCH3 is 1. The molecule has 3 rings (SSSR count). The summed E-state index contributed by atoms with van der Waals surface area (Å²) >= 11 is 0. The summed E-state index contributed by atoms with van der Waals surface area (Å²) in [6.07, 6.45) is 21.8. The van der Waals surface area contributed by atoms with Crippen molar-refractivity contribution in [1.29, 1.82) is 0 Å². The van der Waals surface area contributed by atoms with Gasteiger partial charge >= 0.3 is 5.91 Å². The molecule has 0 aliphatic rings. The number of aryl methyl sites for hydroxylation is 1. The smallest absolute Gasteiger partial charge is 0.323 e. The monoisotopic (exact) mass is 728 g/mol. The first-order valence-electron chi connectivity index (χ1n) is 17.3. The van der Waals surface area contributed by atoms with E-state index >= 15 is 0 Å². The number of amides is 1. The number of rotatable bonds is 23. The van der Waals surface area contributed by atoms with E-state index in [0.29, 0.717) is 24.6 Å². The van der Waals surface area contributed by atoms with Crippen molar-refractivity contribution in [2.75, 3.05) is 18.6 Å². The predicted molar refractivity (Wildman–Crippen MR) is 183 cm³/mol. The summed E-state index contributed by atoms with van der Waals surface area (Å²) in [5.41, 5.74) is 2.53. The van der Waals surface area contributed by atoms with E-state index in [0.717, 1.165) is 36.4 Å². The van der Waals surface area contributed by atoms with E-state index < -0.39 is 0 Å². The lowest BCUT2D eigenvalue weighted by Gasteiger charge is -2.23. The summed E-state index contributed by atoms with van der Waals surface area (Å²) in [7, 11) is 1.68. The Hall–Kier alpha value is -2.61. The SMILES string of the molecule is CCCCCCCCCCCCCCCCOc1ccc(CN(C(=O)c2cccc[n+]2CCC)c2ccccc2)cc1OC.[I-]. The van der Waals surface area contributed by atoms with Gasteiger partial charge in [0.1, 0.15) is 6.54 Å². The molecule has 2 aromatic carbocycles. The van der Waals surface area contributed by atoms with Crippen LogP contribution in [0, 0.1) is 0 Å². The van der Waals surface area contributed by atoms with Gasteiger partial charge < -0.3 is 33.5 Å². The second-order valence-electron chi connectivity index (χ2n) is 11.9. The molecule has 0 aliphatic heterocycles. The Labute approximate surface area is 290 Å². The predicted octanol–water partition coefficient (Wildman–Crippen LogP) is 7.10. The molecule has 0 saturated carbocycles. The van der Waals surface area contributed by atoms with E-state index in [-0.39, 0.29) is 29.9 Å². The molecule has 0 radical (unpaired) electrons. The number of anilines is 1. The minimum absolute atomic E-state index is 0. The van der Waals surface area contributed by atoms with Crippen LogP contribution in [0.2, 0.25) is 0 Å². The zero-order chi connectivity index (χ0) is 31.2. The first kappa shape index (κ1) is 38.6. The van der Waals surface area contributed by atoms with Crippen molar-refractivity contribution in [2.24, 2.45) is 0 Å². The number of carbonyl (C=O) groups excluding carboxylic acids is 1. The van der Waals surface area contributed by atoms with Crippen LogP contribution >= 0.6 is 0 Å². The van der Waals surface area contributed by atoms with Gasteiger partial charge in [-0.25, -0.2) is 0 Å². The molecule has 3 aromatic rings. The highest BCUT2D eigenvalue weighted by molar-refractivity contribution is 6.03. The normalized spacial score (nSPS) is 10.7. The van der Waals surface area contributed by atoms with Crippen LogP contribution in [0.25, 0.3) is 0 Å². The van der Waals surface area contributed by atoms with Crippen molar-refractivity contribution in [3.63, 3.8) is 0 Å². The number of para-hydroxylation sites is 1. The molecule has 1 aromatic heterocycles. The van der Waals surface area contributed by atoms with Gasteiger partial charge in [0.15, 0.2) is 17.7 Å². The highest BCUT2D eigenvalue weighted by Crippen LogP contribution is 2.30. The molecule has 0 bridgehead atoms. The maximum atomic E-state index is 13.9. The van der Waals surface area contributed by atoms with Crippen molar-refractivity contribution in [2.45, 2.75) is 123 Å². The minimum atomic E-state index is -0.0256. The zero-order valence-electron chi connectivity index (χ0n) is 28.2. The molecule has 0 N–H and O–H groups in total. The van der Waals surface area contributed by atoms with E-state index in [4.69, 9.17) is 9.47 Å². The number of ether oxygens (including phenoxy) is 2. The lowest BCUT2D eigenvalue weighted by molar-refractivity contribution is -0.698. The van der Waals surface area contributed by atoms with Crippen LogP contribution < -0.4 is 42.9 Å². The molecule has 6 heteroatoms.